The van der Waals surface area contributed by atoms with Crippen LogP contribution in [0.4, 0.5) is 0 Å². The zero-order valence-electron chi connectivity index (χ0n) is 15.7. The van der Waals surface area contributed by atoms with Gasteiger partial charge < -0.3 is 4.90 Å². The zero-order chi connectivity index (χ0) is 19.8. The maximum absolute atomic E-state index is 13.0. The molecule has 0 spiro atoms. The average Bonchev–Trinajstić information content (AvgIpc) is 3.30. The number of rotatable bonds is 7. The Bertz CT molecular complexity index is 771. The number of hydrogen-bond acceptors (Lipinski definition) is 6. The molecule has 2 saturated heterocycles. The van der Waals surface area contributed by atoms with E-state index < -0.39 is 9.84 Å². The first kappa shape index (κ1) is 20.4. The number of ketones is 1. The number of allylic oxidation sites excluding steroid dienone is 1. The number of sulfone groups is 1. The summed E-state index contributed by atoms with van der Waals surface area (Å²) in [5.41, 5.74) is 0. The highest BCUT2D eigenvalue weighted by Crippen LogP contribution is 2.34. The van der Waals surface area contributed by atoms with Gasteiger partial charge >= 0.3 is 0 Å². The standard InChI is InChI=1S/C18H26N2O5S2/c1-12(2)8-19(14-5-6-27(24,25)11-14)16(22)9-20-17(23)10-26-18(20)7-15(21)13-3-4-13/h7,12-14H,3-6,8-11H2,1-2H3/b18-7+/t14-/m1/s1. The minimum atomic E-state index is -3.11. The Hall–Kier alpha value is -1.35. The Morgan fingerprint density at radius 3 is 2.56 bits per heavy atom. The van der Waals surface area contributed by atoms with Crippen molar-refractivity contribution in [3.63, 3.8) is 0 Å². The lowest BCUT2D eigenvalue weighted by Crippen LogP contribution is -2.47. The van der Waals surface area contributed by atoms with E-state index in [0.29, 0.717) is 18.0 Å². The molecular weight excluding hydrogens is 388 g/mol. The second-order valence-corrected chi connectivity index (χ2v) is 11.1. The molecule has 2 amide bonds. The Labute approximate surface area is 164 Å². The minimum Gasteiger partial charge on any atom is -0.337 e. The molecule has 3 rings (SSSR count). The van der Waals surface area contributed by atoms with Crippen LogP contribution in [0.2, 0.25) is 0 Å². The SMILES string of the molecule is CC(C)CN(C(=O)CN1C(=O)CS/C1=C/C(=O)C1CC1)[C@@H]1CCS(=O)(=O)C1. The lowest BCUT2D eigenvalue weighted by atomic mass is 10.1. The van der Waals surface area contributed by atoms with Crippen molar-refractivity contribution in [3.05, 3.63) is 11.1 Å². The van der Waals surface area contributed by atoms with Crippen LogP contribution >= 0.6 is 11.8 Å². The molecule has 150 valence electrons. The van der Waals surface area contributed by atoms with E-state index in [1.807, 2.05) is 13.8 Å². The fourth-order valence-corrected chi connectivity index (χ4v) is 6.08. The summed E-state index contributed by atoms with van der Waals surface area (Å²) < 4.78 is 23.7. The predicted octanol–water partition coefficient (Wildman–Crippen LogP) is 1.05. The Kier molecular flexibility index (Phi) is 6.00. The predicted molar refractivity (Wildman–Crippen MR) is 104 cm³/mol. The lowest BCUT2D eigenvalue weighted by molar-refractivity contribution is -0.138. The van der Waals surface area contributed by atoms with Crippen molar-refractivity contribution in [2.24, 2.45) is 11.8 Å². The Morgan fingerprint density at radius 2 is 2.00 bits per heavy atom. The highest BCUT2D eigenvalue weighted by atomic mass is 32.2. The van der Waals surface area contributed by atoms with Gasteiger partial charge in [-0.1, -0.05) is 25.6 Å². The number of nitrogens with zero attached hydrogens (tertiary/aromatic N) is 2. The highest BCUT2D eigenvalue weighted by molar-refractivity contribution is 8.04. The molecule has 1 aliphatic carbocycles. The number of thioether (sulfide) groups is 1. The van der Waals surface area contributed by atoms with Crippen molar-refractivity contribution in [2.45, 2.75) is 39.2 Å². The van der Waals surface area contributed by atoms with Gasteiger partial charge in [-0.3, -0.25) is 19.3 Å². The van der Waals surface area contributed by atoms with Gasteiger partial charge in [0.15, 0.2) is 15.6 Å². The molecule has 0 N–H and O–H groups in total. The summed E-state index contributed by atoms with van der Waals surface area (Å²) in [7, 11) is -3.11. The van der Waals surface area contributed by atoms with Gasteiger partial charge in [-0.05, 0) is 25.2 Å². The smallest absolute Gasteiger partial charge is 0.242 e. The summed E-state index contributed by atoms with van der Waals surface area (Å²) in [6, 6.07) is -0.337. The molecule has 0 aromatic heterocycles. The van der Waals surface area contributed by atoms with Crippen LogP contribution in [-0.2, 0) is 24.2 Å². The molecular formula is C18H26N2O5S2. The zero-order valence-corrected chi connectivity index (χ0v) is 17.4. The van der Waals surface area contributed by atoms with E-state index in [0.717, 1.165) is 12.8 Å². The minimum absolute atomic E-state index is 0.0168. The molecule has 27 heavy (non-hydrogen) atoms. The van der Waals surface area contributed by atoms with Crippen LogP contribution in [0, 0.1) is 11.8 Å². The van der Waals surface area contributed by atoms with E-state index in [2.05, 4.69) is 0 Å². The van der Waals surface area contributed by atoms with Crippen LogP contribution in [0.1, 0.15) is 33.1 Å². The molecule has 0 unspecified atom stereocenters. The second kappa shape index (κ2) is 7.95. The summed E-state index contributed by atoms with van der Waals surface area (Å²) in [6.45, 7) is 4.26. The number of carbonyl (C=O) groups excluding carboxylic acids is 3. The van der Waals surface area contributed by atoms with Crippen molar-refractivity contribution >= 4 is 39.2 Å². The summed E-state index contributed by atoms with van der Waals surface area (Å²) in [6.07, 6.45) is 3.70. The van der Waals surface area contributed by atoms with E-state index >= 15 is 0 Å². The third kappa shape index (κ3) is 5.13. The summed E-state index contributed by atoms with van der Waals surface area (Å²) in [5.74, 6) is 0.124. The van der Waals surface area contributed by atoms with E-state index in [9.17, 15) is 22.8 Å². The number of hydrogen-bond donors (Lipinski definition) is 0. The van der Waals surface area contributed by atoms with Crippen LogP contribution < -0.4 is 0 Å². The quantitative estimate of drug-likeness (QED) is 0.579. The largest absolute Gasteiger partial charge is 0.337 e. The van der Waals surface area contributed by atoms with E-state index in [1.165, 1.54) is 22.7 Å². The van der Waals surface area contributed by atoms with Gasteiger partial charge in [0.05, 0.1) is 22.3 Å². The normalized spacial score (nSPS) is 26.2. The highest BCUT2D eigenvalue weighted by Gasteiger charge is 2.38. The van der Waals surface area contributed by atoms with Gasteiger partial charge in [-0.25, -0.2) is 8.42 Å². The molecule has 9 heteroatoms. The molecule has 2 aliphatic heterocycles. The van der Waals surface area contributed by atoms with E-state index in [1.54, 1.807) is 4.90 Å². The van der Waals surface area contributed by atoms with Gasteiger partial charge in [-0.15, -0.1) is 0 Å². The fraction of sp³-hybridized carbons (Fsp3) is 0.722. The average molecular weight is 415 g/mol. The van der Waals surface area contributed by atoms with Gasteiger partial charge in [-0.2, -0.15) is 0 Å². The third-order valence-electron chi connectivity index (χ3n) is 4.98. The fourth-order valence-electron chi connectivity index (χ4n) is 3.40. The first-order chi connectivity index (χ1) is 12.7. The number of amides is 2. The van der Waals surface area contributed by atoms with Crippen molar-refractivity contribution < 1.29 is 22.8 Å². The molecule has 7 nitrogen and oxygen atoms in total. The molecule has 1 atom stereocenters. The molecule has 1 saturated carbocycles. The Morgan fingerprint density at radius 1 is 1.30 bits per heavy atom. The van der Waals surface area contributed by atoms with Crippen molar-refractivity contribution in [1.82, 2.24) is 9.80 Å². The molecule has 3 aliphatic rings. The van der Waals surface area contributed by atoms with E-state index in [4.69, 9.17) is 0 Å². The topological polar surface area (TPSA) is 91.8 Å². The lowest BCUT2D eigenvalue weighted by Gasteiger charge is -2.31. The second-order valence-electron chi connectivity index (χ2n) is 7.92. The summed E-state index contributed by atoms with van der Waals surface area (Å²) in [4.78, 5) is 40.3. The molecule has 3 fully saturated rings. The summed E-state index contributed by atoms with van der Waals surface area (Å²) in [5, 5.41) is 0.536. The van der Waals surface area contributed by atoms with Crippen LogP contribution in [0.5, 0.6) is 0 Å². The van der Waals surface area contributed by atoms with Crippen LogP contribution in [0.3, 0.4) is 0 Å². The van der Waals surface area contributed by atoms with Gasteiger partial charge in [0.25, 0.3) is 0 Å². The summed E-state index contributed by atoms with van der Waals surface area (Å²) >= 11 is 1.28. The van der Waals surface area contributed by atoms with Gasteiger partial charge in [0.2, 0.25) is 11.8 Å². The van der Waals surface area contributed by atoms with Crippen molar-refractivity contribution in [1.29, 1.82) is 0 Å². The van der Waals surface area contributed by atoms with Crippen molar-refractivity contribution in [2.75, 3.05) is 30.3 Å². The van der Waals surface area contributed by atoms with Crippen LogP contribution in [0.15, 0.2) is 11.1 Å². The Balaban J connectivity index is 1.73. The first-order valence-corrected chi connectivity index (χ1v) is 12.2. The first-order valence-electron chi connectivity index (χ1n) is 9.35. The molecule has 0 bridgehead atoms. The molecule has 0 aromatic rings. The van der Waals surface area contributed by atoms with Crippen LogP contribution in [-0.4, -0.2) is 72.2 Å². The van der Waals surface area contributed by atoms with Crippen LogP contribution in [0.25, 0.3) is 0 Å². The van der Waals surface area contributed by atoms with Gasteiger partial charge in [0, 0.05) is 24.6 Å². The van der Waals surface area contributed by atoms with Crippen molar-refractivity contribution in [3.8, 4) is 0 Å². The molecule has 0 aromatic carbocycles. The van der Waals surface area contributed by atoms with E-state index in [-0.39, 0.29) is 59.3 Å². The monoisotopic (exact) mass is 414 g/mol. The maximum Gasteiger partial charge on any atom is 0.242 e. The third-order valence-corrected chi connectivity index (χ3v) is 7.76. The number of carbonyl (C=O) groups is 3. The van der Waals surface area contributed by atoms with Gasteiger partial charge in [0.1, 0.15) is 6.54 Å². The molecule has 2 heterocycles. The maximum atomic E-state index is 13.0. The molecule has 0 radical (unpaired) electrons.